The van der Waals surface area contributed by atoms with Gasteiger partial charge in [-0.15, -0.1) is 0 Å². The average molecular weight is 298 g/mol. The standard InChI is InChI=1S/C19H26N2O/c1-12-17(14-8-6-7-9-16(14)21(12)5)18-15(19(18,3)4)10-11-20-13(2)22/h6-9,15,18H,10-11H2,1-5H3,(H,20,22)/t15-,18+/m1/s1. The number of benzene rings is 1. The first kappa shape index (κ1) is 15.1. The van der Waals surface area contributed by atoms with E-state index in [1.165, 1.54) is 22.2 Å². The quantitative estimate of drug-likeness (QED) is 0.916. The third-order valence-corrected chi connectivity index (χ3v) is 5.64. The van der Waals surface area contributed by atoms with Crippen LogP contribution in [0.5, 0.6) is 0 Å². The fourth-order valence-electron chi connectivity index (χ4n) is 4.20. The predicted octanol–water partition coefficient (Wildman–Crippen LogP) is 3.75. The summed E-state index contributed by atoms with van der Waals surface area (Å²) in [5.74, 6) is 1.30. The van der Waals surface area contributed by atoms with Crippen LogP contribution >= 0.6 is 0 Å². The molecule has 1 fully saturated rings. The monoisotopic (exact) mass is 298 g/mol. The molecule has 1 aliphatic carbocycles. The Bertz CT molecular complexity index is 726. The Balaban J connectivity index is 1.92. The summed E-state index contributed by atoms with van der Waals surface area (Å²) in [6, 6.07) is 8.69. The third-order valence-electron chi connectivity index (χ3n) is 5.64. The number of para-hydroxylation sites is 1. The van der Waals surface area contributed by atoms with Crippen LogP contribution in [0, 0.1) is 18.3 Å². The van der Waals surface area contributed by atoms with E-state index in [0.29, 0.717) is 17.3 Å². The van der Waals surface area contributed by atoms with Crippen molar-refractivity contribution in [3.05, 3.63) is 35.5 Å². The van der Waals surface area contributed by atoms with Gasteiger partial charge in [0.05, 0.1) is 0 Å². The molecule has 3 nitrogen and oxygen atoms in total. The number of aryl methyl sites for hydroxylation is 1. The van der Waals surface area contributed by atoms with Crippen LogP contribution in [0.15, 0.2) is 24.3 Å². The molecule has 0 aliphatic heterocycles. The van der Waals surface area contributed by atoms with Crippen LogP contribution in [0.1, 0.15) is 44.4 Å². The summed E-state index contributed by atoms with van der Waals surface area (Å²) in [6.07, 6.45) is 1.06. The SMILES string of the molecule is CC(=O)NCC[C@@H]1[C@@H](c2c(C)n(C)c3ccccc23)C1(C)C. The number of carbonyl (C=O) groups excluding carboxylic acids is 1. The van der Waals surface area contributed by atoms with Gasteiger partial charge in [-0.1, -0.05) is 32.0 Å². The summed E-state index contributed by atoms with van der Waals surface area (Å²) >= 11 is 0. The van der Waals surface area contributed by atoms with Crippen LogP contribution in [-0.4, -0.2) is 17.0 Å². The lowest BCUT2D eigenvalue weighted by atomic mass is 10.0. The van der Waals surface area contributed by atoms with Gasteiger partial charge in [-0.25, -0.2) is 0 Å². The largest absolute Gasteiger partial charge is 0.356 e. The molecule has 1 heterocycles. The van der Waals surface area contributed by atoms with E-state index in [1.807, 2.05) is 0 Å². The van der Waals surface area contributed by atoms with E-state index in [-0.39, 0.29) is 5.91 Å². The Morgan fingerprint density at radius 3 is 2.68 bits per heavy atom. The number of hydrogen-bond acceptors (Lipinski definition) is 1. The molecule has 118 valence electrons. The number of fused-ring (bicyclic) bond motifs is 1. The molecule has 1 amide bonds. The van der Waals surface area contributed by atoms with Crippen molar-refractivity contribution < 1.29 is 4.79 Å². The van der Waals surface area contributed by atoms with Crippen molar-refractivity contribution >= 4 is 16.8 Å². The molecule has 0 spiro atoms. The Morgan fingerprint density at radius 1 is 1.32 bits per heavy atom. The first-order chi connectivity index (χ1) is 10.4. The van der Waals surface area contributed by atoms with E-state index in [4.69, 9.17) is 0 Å². The number of hydrogen-bond donors (Lipinski definition) is 1. The fourth-order valence-corrected chi connectivity index (χ4v) is 4.20. The third kappa shape index (κ3) is 2.23. The van der Waals surface area contributed by atoms with E-state index in [9.17, 15) is 4.79 Å². The Hall–Kier alpha value is -1.77. The second-order valence-electron chi connectivity index (χ2n) is 7.25. The number of rotatable bonds is 4. The summed E-state index contributed by atoms with van der Waals surface area (Å²) in [5, 5.41) is 4.33. The molecule has 0 radical (unpaired) electrons. The van der Waals surface area contributed by atoms with Gasteiger partial charge in [0.15, 0.2) is 0 Å². The van der Waals surface area contributed by atoms with E-state index in [2.05, 4.69) is 62.0 Å². The van der Waals surface area contributed by atoms with Crippen molar-refractivity contribution in [3.63, 3.8) is 0 Å². The smallest absolute Gasteiger partial charge is 0.216 e. The maximum absolute atomic E-state index is 11.1. The summed E-state index contributed by atoms with van der Waals surface area (Å²) in [5.41, 5.74) is 4.52. The van der Waals surface area contributed by atoms with E-state index < -0.39 is 0 Å². The highest BCUT2D eigenvalue weighted by Gasteiger charge is 2.58. The van der Waals surface area contributed by atoms with Gasteiger partial charge < -0.3 is 9.88 Å². The highest BCUT2D eigenvalue weighted by Crippen LogP contribution is 2.67. The lowest BCUT2D eigenvalue weighted by molar-refractivity contribution is -0.118. The van der Waals surface area contributed by atoms with Crippen molar-refractivity contribution in [2.24, 2.45) is 18.4 Å². The molecule has 0 bridgehead atoms. The van der Waals surface area contributed by atoms with Crippen LogP contribution in [-0.2, 0) is 11.8 Å². The maximum Gasteiger partial charge on any atom is 0.216 e. The first-order valence-electron chi connectivity index (χ1n) is 8.14. The zero-order valence-electron chi connectivity index (χ0n) is 14.2. The Labute approximate surface area is 132 Å². The van der Waals surface area contributed by atoms with Crippen molar-refractivity contribution in [2.75, 3.05) is 6.54 Å². The van der Waals surface area contributed by atoms with Crippen LogP contribution in [0.3, 0.4) is 0 Å². The molecule has 0 saturated heterocycles. The van der Waals surface area contributed by atoms with Gasteiger partial charge in [0.2, 0.25) is 5.91 Å². The zero-order chi connectivity index (χ0) is 16.1. The van der Waals surface area contributed by atoms with Gasteiger partial charge in [0.25, 0.3) is 0 Å². The molecule has 2 aromatic rings. The van der Waals surface area contributed by atoms with E-state index in [0.717, 1.165) is 13.0 Å². The van der Waals surface area contributed by atoms with Crippen LogP contribution in [0.2, 0.25) is 0 Å². The minimum absolute atomic E-state index is 0.0661. The van der Waals surface area contributed by atoms with Gasteiger partial charge in [-0.05, 0) is 42.2 Å². The van der Waals surface area contributed by atoms with Gasteiger partial charge >= 0.3 is 0 Å². The number of nitrogens with zero attached hydrogens (tertiary/aromatic N) is 1. The predicted molar refractivity (Wildman–Crippen MR) is 91.0 cm³/mol. The molecule has 3 rings (SSSR count). The lowest BCUT2D eigenvalue weighted by Crippen LogP contribution is -2.21. The molecule has 3 heteroatoms. The molecule has 22 heavy (non-hydrogen) atoms. The molecule has 0 unspecified atom stereocenters. The molecular weight excluding hydrogens is 272 g/mol. The van der Waals surface area contributed by atoms with Crippen molar-refractivity contribution in [1.29, 1.82) is 0 Å². The summed E-state index contributed by atoms with van der Waals surface area (Å²) < 4.78 is 2.31. The zero-order valence-corrected chi connectivity index (χ0v) is 14.2. The summed E-state index contributed by atoms with van der Waals surface area (Å²) in [6.45, 7) is 9.32. The van der Waals surface area contributed by atoms with Crippen LogP contribution in [0.25, 0.3) is 10.9 Å². The van der Waals surface area contributed by atoms with Gasteiger partial charge in [-0.2, -0.15) is 0 Å². The molecule has 1 aromatic carbocycles. The molecular formula is C19H26N2O. The lowest BCUT2D eigenvalue weighted by Gasteiger charge is -2.04. The maximum atomic E-state index is 11.1. The van der Waals surface area contributed by atoms with Crippen molar-refractivity contribution in [3.8, 4) is 0 Å². The van der Waals surface area contributed by atoms with Crippen molar-refractivity contribution in [2.45, 2.75) is 40.0 Å². The summed E-state index contributed by atoms with van der Waals surface area (Å²) in [7, 11) is 2.16. The second kappa shape index (κ2) is 5.15. The Kier molecular flexibility index (Phi) is 3.54. The number of aromatic nitrogens is 1. The minimum atomic E-state index is 0.0661. The number of amides is 1. The van der Waals surface area contributed by atoms with Gasteiger partial charge in [-0.3, -0.25) is 4.79 Å². The second-order valence-corrected chi connectivity index (χ2v) is 7.25. The molecule has 1 saturated carbocycles. The van der Waals surface area contributed by atoms with Crippen LogP contribution < -0.4 is 5.32 Å². The van der Waals surface area contributed by atoms with Gasteiger partial charge in [0, 0.05) is 37.1 Å². The normalized spacial score (nSPS) is 22.8. The van der Waals surface area contributed by atoms with E-state index >= 15 is 0 Å². The fraction of sp³-hybridized carbons (Fsp3) is 0.526. The minimum Gasteiger partial charge on any atom is -0.356 e. The van der Waals surface area contributed by atoms with Crippen LogP contribution in [0.4, 0.5) is 0 Å². The highest BCUT2D eigenvalue weighted by molar-refractivity contribution is 5.86. The first-order valence-corrected chi connectivity index (χ1v) is 8.14. The molecule has 1 aromatic heterocycles. The van der Waals surface area contributed by atoms with Gasteiger partial charge in [0.1, 0.15) is 0 Å². The topological polar surface area (TPSA) is 34.0 Å². The van der Waals surface area contributed by atoms with E-state index in [1.54, 1.807) is 6.92 Å². The molecule has 1 N–H and O–H groups in total. The van der Waals surface area contributed by atoms with Crippen molar-refractivity contribution in [1.82, 2.24) is 9.88 Å². The molecule has 1 aliphatic rings. The number of nitrogens with one attached hydrogen (secondary N) is 1. The average Bonchev–Trinajstić information content (AvgIpc) is 2.89. The summed E-state index contributed by atoms with van der Waals surface area (Å²) in [4.78, 5) is 11.1. The number of carbonyl (C=O) groups is 1. The molecule has 2 atom stereocenters. The highest BCUT2D eigenvalue weighted by atomic mass is 16.1. The Morgan fingerprint density at radius 2 is 2.00 bits per heavy atom.